The molecule has 1 saturated heterocycles. The third-order valence-corrected chi connectivity index (χ3v) is 3.17. The number of thiocarbonyl (C=S) groups is 1. The van der Waals surface area contributed by atoms with E-state index in [4.69, 9.17) is 22.7 Å². The Labute approximate surface area is 107 Å². The average Bonchev–Trinajstić information content (AvgIpc) is 2.28. The summed E-state index contributed by atoms with van der Waals surface area (Å²) in [5.41, 5.74) is 7.27. The first-order valence-electron chi connectivity index (χ1n) is 5.62. The summed E-state index contributed by atoms with van der Waals surface area (Å²) in [5.74, 6) is 0. The van der Waals surface area contributed by atoms with Crippen molar-refractivity contribution in [2.24, 2.45) is 5.73 Å². The summed E-state index contributed by atoms with van der Waals surface area (Å²) in [5, 5.41) is 0. The molecule has 2 heterocycles. The Morgan fingerprint density at radius 2 is 2.29 bits per heavy atom. The van der Waals surface area contributed by atoms with E-state index in [2.05, 4.69) is 23.7 Å². The molecule has 5 heteroatoms. The van der Waals surface area contributed by atoms with Crippen LogP contribution in [-0.4, -0.2) is 35.3 Å². The summed E-state index contributed by atoms with van der Waals surface area (Å²) in [6.45, 7) is 6.67. The maximum atomic E-state index is 5.53. The maximum absolute atomic E-state index is 5.53. The first kappa shape index (κ1) is 12.3. The molecule has 0 saturated carbocycles. The molecule has 0 radical (unpaired) electrons. The van der Waals surface area contributed by atoms with Crippen LogP contribution in [0.1, 0.15) is 19.5 Å². The summed E-state index contributed by atoms with van der Waals surface area (Å²) >= 11 is 4.89. The number of hydrogen-bond donors (Lipinski definition) is 1. The number of aromatic nitrogens is 1. The Kier molecular flexibility index (Phi) is 3.31. The summed E-state index contributed by atoms with van der Waals surface area (Å²) < 4.78 is 5.50. The standard InChI is InChI=1S/C12H17N3OS/c1-12(2)8-16-6-5-15(12)9-3-4-10(11(13)17)14-7-9/h3-4,7H,5-6,8H2,1-2H3,(H2,13,17). The molecule has 1 aliphatic heterocycles. The Hall–Kier alpha value is -1.20. The van der Waals surface area contributed by atoms with E-state index in [1.54, 1.807) is 0 Å². The van der Waals surface area contributed by atoms with Crippen molar-refractivity contribution < 1.29 is 4.74 Å². The van der Waals surface area contributed by atoms with Gasteiger partial charge in [-0.2, -0.15) is 0 Å². The van der Waals surface area contributed by atoms with Crippen molar-refractivity contribution in [3.05, 3.63) is 24.0 Å². The minimum atomic E-state index is -0.00926. The molecule has 1 fully saturated rings. The van der Waals surface area contributed by atoms with E-state index < -0.39 is 0 Å². The molecule has 92 valence electrons. The van der Waals surface area contributed by atoms with Crippen molar-refractivity contribution in [3.8, 4) is 0 Å². The largest absolute Gasteiger partial charge is 0.388 e. The summed E-state index contributed by atoms with van der Waals surface area (Å²) in [6, 6.07) is 3.87. The molecule has 17 heavy (non-hydrogen) atoms. The highest BCUT2D eigenvalue weighted by atomic mass is 32.1. The fourth-order valence-electron chi connectivity index (χ4n) is 2.03. The van der Waals surface area contributed by atoms with Gasteiger partial charge in [-0.25, -0.2) is 0 Å². The van der Waals surface area contributed by atoms with E-state index in [-0.39, 0.29) is 5.54 Å². The van der Waals surface area contributed by atoms with Gasteiger partial charge in [-0.1, -0.05) is 12.2 Å². The molecule has 0 aliphatic carbocycles. The molecule has 2 N–H and O–H groups in total. The van der Waals surface area contributed by atoms with Crippen molar-refractivity contribution >= 4 is 22.9 Å². The molecule has 2 rings (SSSR count). The van der Waals surface area contributed by atoms with E-state index in [0.717, 1.165) is 25.4 Å². The van der Waals surface area contributed by atoms with Gasteiger partial charge in [-0.05, 0) is 26.0 Å². The Morgan fingerprint density at radius 3 is 2.82 bits per heavy atom. The van der Waals surface area contributed by atoms with E-state index in [1.165, 1.54) is 0 Å². The predicted molar refractivity (Wildman–Crippen MR) is 72.4 cm³/mol. The highest BCUT2D eigenvalue weighted by molar-refractivity contribution is 7.80. The highest BCUT2D eigenvalue weighted by Gasteiger charge is 2.30. The van der Waals surface area contributed by atoms with Crippen molar-refractivity contribution in [3.63, 3.8) is 0 Å². The van der Waals surface area contributed by atoms with Crippen LogP contribution >= 0.6 is 12.2 Å². The van der Waals surface area contributed by atoms with Crippen molar-refractivity contribution in [1.82, 2.24) is 4.98 Å². The normalized spacial score (nSPS) is 19.1. The lowest BCUT2D eigenvalue weighted by molar-refractivity contribution is 0.0643. The van der Waals surface area contributed by atoms with Gasteiger partial charge in [-0.15, -0.1) is 0 Å². The van der Waals surface area contributed by atoms with Gasteiger partial charge in [0.1, 0.15) is 4.99 Å². The first-order valence-corrected chi connectivity index (χ1v) is 6.03. The van der Waals surface area contributed by atoms with Gasteiger partial charge in [0.15, 0.2) is 0 Å². The zero-order valence-corrected chi connectivity index (χ0v) is 11.0. The van der Waals surface area contributed by atoms with Crippen LogP contribution in [0.15, 0.2) is 18.3 Å². The minimum Gasteiger partial charge on any atom is -0.388 e. The molecule has 1 aliphatic rings. The molecular formula is C12H17N3OS. The smallest absolute Gasteiger partial charge is 0.122 e. The van der Waals surface area contributed by atoms with Crippen molar-refractivity contribution in [1.29, 1.82) is 0 Å². The second kappa shape index (κ2) is 4.58. The van der Waals surface area contributed by atoms with Gasteiger partial charge in [0.05, 0.1) is 36.3 Å². The highest BCUT2D eigenvalue weighted by Crippen LogP contribution is 2.26. The lowest BCUT2D eigenvalue weighted by Crippen LogP contribution is -2.53. The van der Waals surface area contributed by atoms with Crippen LogP contribution in [0.3, 0.4) is 0 Å². The molecule has 0 bridgehead atoms. The van der Waals surface area contributed by atoms with E-state index >= 15 is 0 Å². The molecule has 0 amide bonds. The number of pyridine rings is 1. The number of ether oxygens (including phenoxy) is 1. The number of nitrogens with zero attached hydrogens (tertiary/aromatic N) is 2. The SMILES string of the molecule is CC1(C)COCCN1c1ccc(C(N)=S)nc1. The zero-order valence-electron chi connectivity index (χ0n) is 10.1. The topological polar surface area (TPSA) is 51.4 Å². The van der Waals surface area contributed by atoms with Crippen LogP contribution in [0.4, 0.5) is 5.69 Å². The molecule has 0 atom stereocenters. The third kappa shape index (κ3) is 2.56. The van der Waals surface area contributed by atoms with Gasteiger partial charge in [0.2, 0.25) is 0 Å². The van der Waals surface area contributed by atoms with Gasteiger partial charge in [0, 0.05) is 6.54 Å². The van der Waals surface area contributed by atoms with E-state index in [9.17, 15) is 0 Å². The van der Waals surface area contributed by atoms with Crippen LogP contribution < -0.4 is 10.6 Å². The van der Waals surface area contributed by atoms with Crippen LogP contribution in [0.2, 0.25) is 0 Å². The quantitative estimate of drug-likeness (QED) is 0.804. The van der Waals surface area contributed by atoms with Crippen LogP contribution in [0.5, 0.6) is 0 Å². The summed E-state index contributed by atoms with van der Waals surface area (Å²) in [6.07, 6.45) is 1.82. The lowest BCUT2D eigenvalue weighted by atomic mass is 10.0. The van der Waals surface area contributed by atoms with Crippen molar-refractivity contribution in [2.75, 3.05) is 24.7 Å². The number of nitrogens with two attached hydrogens (primary N) is 1. The lowest BCUT2D eigenvalue weighted by Gasteiger charge is -2.43. The fourth-order valence-corrected chi connectivity index (χ4v) is 2.15. The zero-order chi connectivity index (χ0) is 12.5. The van der Waals surface area contributed by atoms with Crippen LogP contribution in [-0.2, 0) is 4.74 Å². The second-order valence-corrected chi connectivity index (χ2v) is 5.22. The molecule has 0 spiro atoms. The van der Waals surface area contributed by atoms with Gasteiger partial charge in [0.25, 0.3) is 0 Å². The molecule has 0 unspecified atom stereocenters. The van der Waals surface area contributed by atoms with Crippen molar-refractivity contribution in [2.45, 2.75) is 19.4 Å². The summed E-state index contributed by atoms with van der Waals surface area (Å²) in [4.78, 5) is 6.90. The monoisotopic (exact) mass is 251 g/mol. The maximum Gasteiger partial charge on any atom is 0.122 e. The Bertz CT molecular complexity index is 416. The fraction of sp³-hybridized carbons (Fsp3) is 0.500. The second-order valence-electron chi connectivity index (χ2n) is 4.78. The Morgan fingerprint density at radius 1 is 1.53 bits per heavy atom. The van der Waals surface area contributed by atoms with Gasteiger partial charge in [-0.3, -0.25) is 4.98 Å². The van der Waals surface area contributed by atoms with Crippen LogP contribution in [0, 0.1) is 0 Å². The average molecular weight is 251 g/mol. The molecule has 1 aromatic rings. The van der Waals surface area contributed by atoms with Gasteiger partial charge >= 0.3 is 0 Å². The molecule has 1 aromatic heterocycles. The number of rotatable bonds is 2. The minimum absolute atomic E-state index is 0.00926. The Balaban J connectivity index is 2.24. The molecule has 0 aromatic carbocycles. The van der Waals surface area contributed by atoms with Gasteiger partial charge < -0.3 is 15.4 Å². The number of morpholine rings is 1. The number of anilines is 1. The third-order valence-electron chi connectivity index (χ3n) is 2.96. The van der Waals surface area contributed by atoms with Crippen LogP contribution in [0.25, 0.3) is 0 Å². The molecule has 4 nitrogen and oxygen atoms in total. The summed E-state index contributed by atoms with van der Waals surface area (Å²) in [7, 11) is 0. The number of hydrogen-bond acceptors (Lipinski definition) is 4. The predicted octanol–water partition coefficient (Wildman–Crippen LogP) is 1.33. The van der Waals surface area contributed by atoms with E-state index in [1.807, 2.05) is 18.3 Å². The van der Waals surface area contributed by atoms with E-state index in [0.29, 0.717) is 10.7 Å². The molecular weight excluding hydrogens is 234 g/mol. The first-order chi connectivity index (χ1) is 8.00.